The molecule has 0 aliphatic carbocycles. The fourth-order valence-corrected chi connectivity index (χ4v) is 2.91. The predicted molar refractivity (Wildman–Crippen MR) is 78.0 cm³/mol. The quantitative estimate of drug-likeness (QED) is 0.789. The third-order valence-electron chi connectivity index (χ3n) is 3.68. The number of ketones is 1. The summed E-state index contributed by atoms with van der Waals surface area (Å²) < 4.78 is 0.970. The van der Waals surface area contributed by atoms with Crippen LogP contribution in [0.3, 0.4) is 0 Å². The van der Waals surface area contributed by atoms with Gasteiger partial charge in [-0.1, -0.05) is 40.9 Å². The first-order valence-electron chi connectivity index (χ1n) is 6.69. The zero-order chi connectivity index (χ0) is 13.0. The average molecular weight is 310 g/mol. The summed E-state index contributed by atoms with van der Waals surface area (Å²) in [6.45, 7) is 3.85. The lowest BCUT2D eigenvalue weighted by atomic mass is 10.1. The van der Waals surface area contributed by atoms with Crippen molar-refractivity contribution in [1.29, 1.82) is 0 Å². The van der Waals surface area contributed by atoms with Crippen LogP contribution in [0.25, 0.3) is 0 Å². The molecule has 1 aliphatic heterocycles. The van der Waals surface area contributed by atoms with Gasteiger partial charge >= 0.3 is 0 Å². The maximum absolute atomic E-state index is 12.3. The van der Waals surface area contributed by atoms with Crippen LogP contribution in [0.2, 0.25) is 0 Å². The van der Waals surface area contributed by atoms with E-state index in [1.807, 2.05) is 24.3 Å². The Labute approximate surface area is 117 Å². The van der Waals surface area contributed by atoms with E-state index in [1.54, 1.807) is 0 Å². The lowest BCUT2D eigenvalue weighted by Gasteiger charge is -2.26. The van der Waals surface area contributed by atoms with E-state index in [1.165, 1.54) is 25.7 Å². The second-order valence-corrected chi connectivity index (χ2v) is 6.02. The van der Waals surface area contributed by atoms with E-state index in [9.17, 15) is 4.79 Å². The third kappa shape index (κ3) is 3.66. The normalized spacial score (nSPS) is 21.6. The highest BCUT2D eigenvalue weighted by molar-refractivity contribution is 9.10. The third-order valence-corrected chi connectivity index (χ3v) is 4.18. The van der Waals surface area contributed by atoms with Gasteiger partial charge in [-0.15, -0.1) is 0 Å². The van der Waals surface area contributed by atoms with E-state index in [0.29, 0.717) is 12.6 Å². The van der Waals surface area contributed by atoms with Crippen LogP contribution in [-0.2, 0) is 0 Å². The van der Waals surface area contributed by atoms with Gasteiger partial charge in [-0.2, -0.15) is 0 Å². The van der Waals surface area contributed by atoms with Crippen LogP contribution in [0.1, 0.15) is 43.0 Å². The van der Waals surface area contributed by atoms with Crippen molar-refractivity contribution in [2.75, 3.05) is 13.1 Å². The molecule has 1 atom stereocenters. The molecule has 2 nitrogen and oxygen atoms in total. The fourth-order valence-electron chi connectivity index (χ4n) is 2.51. The Hall–Kier alpha value is -0.670. The number of likely N-dealkylation sites (tertiary alicyclic amines) is 1. The molecule has 1 saturated heterocycles. The van der Waals surface area contributed by atoms with Gasteiger partial charge in [0.05, 0.1) is 6.54 Å². The molecule has 18 heavy (non-hydrogen) atoms. The number of rotatable bonds is 3. The van der Waals surface area contributed by atoms with Crippen molar-refractivity contribution in [3.63, 3.8) is 0 Å². The Morgan fingerprint density at radius 2 is 2.22 bits per heavy atom. The number of carbonyl (C=O) groups excluding carboxylic acids is 1. The molecule has 0 aromatic heterocycles. The Bertz CT molecular complexity index is 419. The summed E-state index contributed by atoms with van der Waals surface area (Å²) in [5, 5.41) is 0. The van der Waals surface area contributed by atoms with Crippen molar-refractivity contribution in [1.82, 2.24) is 4.90 Å². The molecule has 1 aliphatic rings. The van der Waals surface area contributed by atoms with Gasteiger partial charge in [0.2, 0.25) is 0 Å². The van der Waals surface area contributed by atoms with E-state index in [-0.39, 0.29) is 5.78 Å². The number of Topliss-reactive ketones (excluding diaryl/α,β-unsaturated/α-hetero) is 1. The molecule has 1 unspecified atom stereocenters. The van der Waals surface area contributed by atoms with Crippen LogP contribution < -0.4 is 0 Å². The largest absolute Gasteiger partial charge is 0.293 e. The van der Waals surface area contributed by atoms with E-state index in [4.69, 9.17) is 0 Å². The molecular weight excluding hydrogens is 290 g/mol. The van der Waals surface area contributed by atoms with E-state index >= 15 is 0 Å². The van der Waals surface area contributed by atoms with Crippen molar-refractivity contribution in [2.45, 2.75) is 38.6 Å². The van der Waals surface area contributed by atoms with Crippen LogP contribution in [0.4, 0.5) is 0 Å². The number of halogens is 1. The second-order valence-electron chi connectivity index (χ2n) is 5.10. The molecule has 1 fully saturated rings. The molecule has 98 valence electrons. The van der Waals surface area contributed by atoms with Crippen LogP contribution in [0, 0.1) is 0 Å². The lowest BCUT2D eigenvalue weighted by Crippen LogP contribution is -2.37. The fraction of sp³-hybridized carbons (Fsp3) is 0.533. The first-order chi connectivity index (χ1) is 8.66. The Morgan fingerprint density at radius 3 is 3.00 bits per heavy atom. The number of hydrogen-bond donors (Lipinski definition) is 0. The summed E-state index contributed by atoms with van der Waals surface area (Å²) in [6.07, 6.45) is 5.02. The van der Waals surface area contributed by atoms with Crippen molar-refractivity contribution >= 4 is 21.7 Å². The topological polar surface area (TPSA) is 20.3 Å². The monoisotopic (exact) mass is 309 g/mol. The van der Waals surface area contributed by atoms with Gasteiger partial charge in [-0.05, 0) is 38.4 Å². The highest BCUT2D eigenvalue weighted by atomic mass is 79.9. The van der Waals surface area contributed by atoms with Gasteiger partial charge in [0.1, 0.15) is 0 Å². The van der Waals surface area contributed by atoms with Crippen molar-refractivity contribution in [3.8, 4) is 0 Å². The van der Waals surface area contributed by atoms with Crippen LogP contribution >= 0.6 is 15.9 Å². The molecule has 0 bridgehead atoms. The highest BCUT2D eigenvalue weighted by Crippen LogP contribution is 2.18. The highest BCUT2D eigenvalue weighted by Gasteiger charge is 2.19. The Balaban J connectivity index is 2.01. The molecule has 0 amide bonds. The molecule has 0 N–H and O–H groups in total. The van der Waals surface area contributed by atoms with Crippen molar-refractivity contribution in [2.24, 2.45) is 0 Å². The Morgan fingerprint density at radius 1 is 1.39 bits per heavy atom. The maximum Gasteiger partial charge on any atom is 0.176 e. The molecule has 0 saturated carbocycles. The van der Waals surface area contributed by atoms with E-state index in [0.717, 1.165) is 16.6 Å². The van der Waals surface area contributed by atoms with Crippen LogP contribution in [0.5, 0.6) is 0 Å². The number of hydrogen-bond acceptors (Lipinski definition) is 2. The summed E-state index contributed by atoms with van der Waals surface area (Å²) in [4.78, 5) is 14.6. The zero-order valence-corrected chi connectivity index (χ0v) is 12.4. The smallest absolute Gasteiger partial charge is 0.176 e. The molecule has 3 heteroatoms. The summed E-state index contributed by atoms with van der Waals surface area (Å²) >= 11 is 3.41. The summed E-state index contributed by atoms with van der Waals surface area (Å²) in [5.74, 6) is 0.227. The molecule has 2 rings (SSSR count). The molecule has 1 aromatic rings. The number of benzene rings is 1. The molecule has 1 heterocycles. The van der Waals surface area contributed by atoms with Gasteiger partial charge in [0, 0.05) is 16.1 Å². The zero-order valence-electron chi connectivity index (χ0n) is 10.9. The lowest BCUT2D eigenvalue weighted by molar-refractivity contribution is 0.0901. The standard InChI is InChI=1S/C15H20BrNO/c1-12-6-3-2-4-9-17(12)11-15(18)13-7-5-8-14(16)10-13/h5,7-8,10,12H,2-4,6,9,11H2,1H3. The minimum atomic E-state index is 0.227. The molecule has 0 spiro atoms. The van der Waals surface area contributed by atoms with Gasteiger partial charge in [0.25, 0.3) is 0 Å². The minimum absolute atomic E-state index is 0.227. The molecular formula is C15H20BrNO. The first kappa shape index (κ1) is 13.8. The average Bonchev–Trinajstić information content (AvgIpc) is 2.55. The summed E-state index contributed by atoms with van der Waals surface area (Å²) in [6, 6.07) is 8.21. The Kier molecular flexibility index (Phi) is 4.95. The second kappa shape index (κ2) is 6.48. The van der Waals surface area contributed by atoms with Crippen LogP contribution in [-0.4, -0.2) is 29.8 Å². The van der Waals surface area contributed by atoms with Gasteiger partial charge in [0.15, 0.2) is 5.78 Å². The van der Waals surface area contributed by atoms with Gasteiger partial charge in [-0.25, -0.2) is 0 Å². The molecule has 1 aromatic carbocycles. The SMILES string of the molecule is CC1CCCCCN1CC(=O)c1cccc(Br)c1. The number of carbonyl (C=O) groups is 1. The first-order valence-corrected chi connectivity index (χ1v) is 7.49. The van der Waals surface area contributed by atoms with E-state index < -0.39 is 0 Å². The minimum Gasteiger partial charge on any atom is -0.293 e. The van der Waals surface area contributed by atoms with Crippen molar-refractivity contribution < 1.29 is 4.79 Å². The number of nitrogens with zero attached hydrogens (tertiary/aromatic N) is 1. The van der Waals surface area contributed by atoms with Gasteiger partial charge < -0.3 is 0 Å². The molecule has 0 radical (unpaired) electrons. The maximum atomic E-state index is 12.3. The van der Waals surface area contributed by atoms with Crippen LogP contribution in [0.15, 0.2) is 28.7 Å². The van der Waals surface area contributed by atoms with Gasteiger partial charge in [-0.3, -0.25) is 9.69 Å². The van der Waals surface area contributed by atoms with Crippen molar-refractivity contribution in [3.05, 3.63) is 34.3 Å². The summed E-state index contributed by atoms with van der Waals surface area (Å²) in [5.41, 5.74) is 0.806. The van der Waals surface area contributed by atoms with E-state index in [2.05, 4.69) is 27.8 Å². The predicted octanol–water partition coefficient (Wildman–Crippen LogP) is 3.90. The summed E-state index contributed by atoms with van der Waals surface area (Å²) in [7, 11) is 0.